The Bertz CT molecular complexity index is 227. The van der Waals surface area contributed by atoms with E-state index in [0.717, 1.165) is 19.4 Å². The summed E-state index contributed by atoms with van der Waals surface area (Å²) in [5.41, 5.74) is 4.97. The molecule has 0 aliphatic rings. The minimum atomic E-state index is -0.877. The number of carbonyl (C=O) groups is 1. The highest BCUT2D eigenvalue weighted by molar-refractivity contribution is 5.79. The van der Waals surface area contributed by atoms with Crippen molar-refractivity contribution in [1.82, 2.24) is 0 Å². The zero-order valence-corrected chi connectivity index (χ0v) is 11.8. The van der Waals surface area contributed by atoms with Crippen molar-refractivity contribution in [2.75, 3.05) is 13.7 Å². The van der Waals surface area contributed by atoms with Gasteiger partial charge in [0.1, 0.15) is 5.54 Å². The number of hydrogen-bond acceptors (Lipinski definition) is 4. The zero-order chi connectivity index (χ0) is 13.5. The van der Waals surface area contributed by atoms with Crippen LogP contribution in [-0.2, 0) is 14.3 Å². The van der Waals surface area contributed by atoms with Crippen molar-refractivity contribution < 1.29 is 14.3 Å². The van der Waals surface area contributed by atoms with Gasteiger partial charge in [-0.1, -0.05) is 13.8 Å². The second kappa shape index (κ2) is 7.67. The Hall–Kier alpha value is -0.610. The second-order valence-electron chi connectivity index (χ2n) is 5.19. The summed E-state index contributed by atoms with van der Waals surface area (Å²) in [4.78, 5) is 11.3. The molecule has 0 saturated carbocycles. The van der Waals surface area contributed by atoms with Crippen molar-refractivity contribution in [1.29, 1.82) is 0 Å². The summed E-state index contributed by atoms with van der Waals surface area (Å²) >= 11 is 0. The summed E-state index contributed by atoms with van der Waals surface area (Å²) in [5.74, 6) is 0.179. The lowest BCUT2D eigenvalue weighted by atomic mass is 9.96. The van der Waals surface area contributed by atoms with E-state index in [4.69, 9.17) is 10.5 Å². The van der Waals surface area contributed by atoms with Gasteiger partial charge in [0, 0.05) is 6.61 Å². The van der Waals surface area contributed by atoms with Gasteiger partial charge in [-0.05, 0) is 39.0 Å². The lowest BCUT2D eigenvalue weighted by Crippen LogP contribution is -2.45. The van der Waals surface area contributed by atoms with Gasteiger partial charge in [-0.15, -0.1) is 0 Å². The summed E-state index contributed by atoms with van der Waals surface area (Å²) in [6.07, 6.45) is 2.69. The average molecular weight is 245 g/mol. The molecule has 0 aliphatic heterocycles. The molecule has 0 radical (unpaired) electrons. The Morgan fingerprint density at radius 2 is 1.88 bits per heavy atom. The van der Waals surface area contributed by atoms with Crippen molar-refractivity contribution in [3.8, 4) is 0 Å². The van der Waals surface area contributed by atoms with Crippen LogP contribution in [0.4, 0.5) is 0 Å². The van der Waals surface area contributed by atoms with Crippen LogP contribution in [0.1, 0.15) is 47.0 Å². The lowest BCUT2D eigenvalue weighted by molar-refractivity contribution is -0.146. The smallest absolute Gasteiger partial charge is 0.325 e. The number of methoxy groups -OCH3 is 1. The minimum Gasteiger partial charge on any atom is -0.468 e. The average Bonchev–Trinajstić information content (AvgIpc) is 2.26. The molecule has 0 aromatic carbocycles. The van der Waals surface area contributed by atoms with Gasteiger partial charge in [-0.3, -0.25) is 4.79 Å². The maximum absolute atomic E-state index is 11.3. The standard InChI is InChI=1S/C13H27NO3/c1-10(2)11(3)17-9-7-6-8-13(4,14)12(15)16-5/h10-11H,6-9,14H2,1-5H3. The number of ether oxygens (including phenoxy) is 2. The van der Waals surface area contributed by atoms with Crippen molar-refractivity contribution in [3.63, 3.8) is 0 Å². The molecule has 0 rings (SSSR count). The van der Waals surface area contributed by atoms with Crippen molar-refractivity contribution in [2.24, 2.45) is 11.7 Å². The fraction of sp³-hybridized carbons (Fsp3) is 0.923. The molecule has 0 heterocycles. The van der Waals surface area contributed by atoms with Crippen LogP contribution >= 0.6 is 0 Å². The SMILES string of the molecule is COC(=O)C(C)(N)CCCCOC(C)C(C)C. The van der Waals surface area contributed by atoms with E-state index in [1.165, 1.54) is 7.11 Å². The fourth-order valence-corrected chi connectivity index (χ4v) is 1.39. The van der Waals surface area contributed by atoms with Gasteiger partial charge in [0.15, 0.2) is 0 Å². The molecule has 0 saturated heterocycles. The first-order valence-electron chi connectivity index (χ1n) is 6.30. The van der Waals surface area contributed by atoms with E-state index in [2.05, 4.69) is 25.5 Å². The highest BCUT2D eigenvalue weighted by atomic mass is 16.5. The monoisotopic (exact) mass is 245 g/mol. The minimum absolute atomic E-state index is 0.278. The number of unbranched alkanes of at least 4 members (excludes halogenated alkanes) is 1. The van der Waals surface area contributed by atoms with E-state index < -0.39 is 5.54 Å². The summed E-state index contributed by atoms with van der Waals surface area (Å²) in [5, 5.41) is 0. The summed E-state index contributed by atoms with van der Waals surface area (Å²) in [6, 6.07) is 0. The molecule has 0 fully saturated rings. The highest BCUT2D eigenvalue weighted by Gasteiger charge is 2.28. The predicted octanol–water partition coefficient (Wildman–Crippen LogP) is 2.11. The molecule has 4 nitrogen and oxygen atoms in total. The Kier molecular flexibility index (Phi) is 7.39. The van der Waals surface area contributed by atoms with E-state index in [0.29, 0.717) is 12.3 Å². The molecule has 0 aromatic heterocycles. The van der Waals surface area contributed by atoms with Crippen LogP contribution in [0.5, 0.6) is 0 Å². The number of esters is 1. The van der Waals surface area contributed by atoms with Crippen molar-refractivity contribution >= 4 is 5.97 Å². The Morgan fingerprint density at radius 3 is 2.35 bits per heavy atom. The van der Waals surface area contributed by atoms with Gasteiger partial charge >= 0.3 is 5.97 Å². The summed E-state index contributed by atoms with van der Waals surface area (Å²) < 4.78 is 10.3. The third-order valence-corrected chi connectivity index (χ3v) is 3.06. The topological polar surface area (TPSA) is 61.5 Å². The molecule has 0 aliphatic carbocycles. The van der Waals surface area contributed by atoms with Gasteiger partial charge in [0.25, 0.3) is 0 Å². The number of carbonyl (C=O) groups excluding carboxylic acids is 1. The normalized spacial score (nSPS) is 16.6. The maximum Gasteiger partial charge on any atom is 0.325 e. The number of nitrogens with two attached hydrogens (primary N) is 1. The molecule has 102 valence electrons. The van der Waals surface area contributed by atoms with Gasteiger partial charge in [-0.2, -0.15) is 0 Å². The molecule has 2 unspecified atom stereocenters. The first kappa shape index (κ1) is 16.4. The van der Waals surface area contributed by atoms with Gasteiger partial charge in [0.05, 0.1) is 13.2 Å². The van der Waals surface area contributed by atoms with E-state index in [1.54, 1.807) is 6.92 Å². The molecular weight excluding hydrogens is 218 g/mol. The highest BCUT2D eigenvalue weighted by Crippen LogP contribution is 2.13. The maximum atomic E-state index is 11.3. The summed E-state index contributed by atoms with van der Waals surface area (Å²) in [6.45, 7) is 8.77. The Labute approximate surface area is 105 Å². The van der Waals surface area contributed by atoms with E-state index in [1.807, 2.05) is 0 Å². The van der Waals surface area contributed by atoms with E-state index >= 15 is 0 Å². The third kappa shape index (κ3) is 6.64. The van der Waals surface area contributed by atoms with Gasteiger partial charge in [-0.25, -0.2) is 0 Å². The Balaban J connectivity index is 3.68. The first-order chi connectivity index (χ1) is 7.81. The van der Waals surface area contributed by atoms with Crippen LogP contribution in [0.2, 0.25) is 0 Å². The van der Waals surface area contributed by atoms with Crippen molar-refractivity contribution in [3.05, 3.63) is 0 Å². The molecule has 17 heavy (non-hydrogen) atoms. The van der Waals surface area contributed by atoms with E-state index in [9.17, 15) is 4.79 Å². The lowest BCUT2D eigenvalue weighted by Gasteiger charge is -2.21. The van der Waals surface area contributed by atoms with Crippen LogP contribution in [0.3, 0.4) is 0 Å². The molecule has 4 heteroatoms. The fourth-order valence-electron chi connectivity index (χ4n) is 1.39. The molecular formula is C13H27NO3. The molecule has 0 spiro atoms. The predicted molar refractivity (Wildman–Crippen MR) is 68.7 cm³/mol. The first-order valence-corrected chi connectivity index (χ1v) is 6.30. The Morgan fingerprint density at radius 1 is 1.29 bits per heavy atom. The van der Waals surface area contributed by atoms with Crippen molar-refractivity contribution in [2.45, 2.75) is 58.6 Å². The van der Waals surface area contributed by atoms with Gasteiger partial charge < -0.3 is 15.2 Å². The molecule has 2 N–H and O–H groups in total. The quantitative estimate of drug-likeness (QED) is 0.525. The molecule has 0 aromatic rings. The number of rotatable bonds is 8. The van der Waals surface area contributed by atoms with Crippen LogP contribution in [-0.4, -0.2) is 31.3 Å². The van der Waals surface area contributed by atoms with Crippen LogP contribution in [0.15, 0.2) is 0 Å². The largest absolute Gasteiger partial charge is 0.468 e. The van der Waals surface area contributed by atoms with Gasteiger partial charge in [0.2, 0.25) is 0 Å². The van der Waals surface area contributed by atoms with Crippen LogP contribution < -0.4 is 5.73 Å². The molecule has 2 atom stereocenters. The molecule has 0 bridgehead atoms. The summed E-state index contributed by atoms with van der Waals surface area (Å²) in [7, 11) is 1.36. The van der Waals surface area contributed by atoms with Crippen LogP contribution in [0, 0.1) is 5.92 Å². The zero-order valence-electron chi connectivity index (χ0n) is 11.8. The second-order valence-corrected chi connectivity index (χ2v) is 5.19. The third-order valence-electron chi connectivity index (χ3n) is 3.06. The van der Waals surface area contributed by atoms with Crippen LogP contribution in [0.25, 0.3) is 0 Å². The van der Waals surface area contributed by atoms with E-state index in [-0.39, 0.29) is 12.1 Å². The molecule has 0 amide bonds. The number of hydrogen-bond donors (Lipinski definition) is 1.